The van der Waals surface area contributed by atoms with Gasteiger partial charge in [-0.3, -0.25) is 15.1 Å². The molecule has 0 unspecified atom stereocenters. The summed E-state index contributed by atoms with van der Waals surface area (Å²) in [6.45, 7) is 3.60. The summed E-state index contributed by atoms with van der Waals surface area (Å²) in [7, 11) is 0. The van der Waals surface area contributed by atoms with Crippen molar-refractivity contribution >= 4 is 5.69 Å². The number of ether oxygens (including phenoxy) is 1. The van der Waals surface area contributed by atoms with E-state index in [0.717, 1.165) is 0 Å². The molecule has 0 saturated heterocycles. The van der Waals surface area contributed by atoms with Crippen molar-refractivity contribution in [3.63, 3.8) is 0 Å². The van der Waals surface area contributed by atoms with E-state index in [-0.39, 0.29) is 11.4 Å². The van der Waals surface area contributed by atoms with Crippen LogP contribution in [0.4, 0.5) is 5.69 Å². The highest BCUT2D eigenvalue weighted by Crippen LogP contribution is 2.34. The highest BCUT2D eigenvalue weighted by molar-refractivity contribution is 5.52. The van der Waals surface area contributed by atoms with Gasteiger partial charge in [0.25, 0.3) is 0 Å². The van der Waals surface area contributed by atoms with E-state index in [1.54, 1.807) is 31.2 Å². The number of pyridine rings is 1. The number of aryl methyl sites for hydroxylation is 1. The standard InChI is InChI=1S/C15H16N2O4/c1-3-14(18)12-8-7-11(9-16-12)21-15-10(2)5-4-6-13(15)17(19)20/h4-9,14,18H,3H2,1-2H3/t14-/m0/s1. The van der Waals surface area contributed by atoms with Crippen molar-refractivity contribution in [1.82, 2.24) is 4.98 Å². The van der Waals surface area contributed by atoms with Crippen LogP contribution >= 0.6 is 0 Å². The van der Waals surface area contributed by atoms with Crippen molar-refractivity contribution in [3.8, 4) is 11.5 Å². The fourth-order valence-corrected chi connectivity index (χ4v) is 1.89. The molecule has 0 fully saturated rings. The van der Waals surface area contributed by atoms with Crippen LogP contribution in [-0.2, 0) is 0 Å². The molecule has 6 heteroatoms. The minimum absolute atomic E-state index is 0.0901. The van der Waals surface area contributed by atoms with E-state index >= 15 is 0 Å². The lowest BCUT2D eigenvalue weighted by atomic mass is 10.2. The molecule has 0 saturated carbocycles. The van der Waals surface area contributed by atoms with Crippen LogP contribution in [0.25, 0.3) is 0 Å². The van der Waals surface area contributed by atoms with Gasteiger partial charge in [-0.2, -0.15) is 0 Å². The maximum Gasteiger partial charge on any atom is 0.311 e. The van der Waals surface area contributed by atoms with Crippen molar-refractivity contribution in [2.45, 2.75) is 26.4 Å². The third-order valence-corrected chi connectivity index (χ3v) is 3.10. The maximum absolute atomic E-state index is 11.0. The molecule has 0 aliphatic heterocycles. The van der Waals surface area contributed by atoms with Crippen LogP contribution in [0.2, 0.25) is 0 Å². The number of nitro benzene ring substituents is 1. The molecule has 0 aliphatic rings. The van der Waals surface area contributed by atoms with E-state index in [1.807, 2.05) is 6.92 Å². The Kier molecular flexibility index (Phi) is 4.49. The number of aliphatic hydroxyl groups is 1. The van der Waals surface area contributed by atoms with Crippen LogP contribution in [-0.4, -0.2) is 15.0 Å². The summed E-state index contributed by atoms with van der Waals surface area (Å²) < 4.78 is 5.58. The lowest BCUT2D eigenvalue weighted by Crippen LogP contribution is -1.99. The fraction of sp³-hybridized carbons (Fsp3) is 0.267. The first-order valence-corrected chi connectivity index (χ1v) is 6.58. The molecule has 21 heavy (non-hydrogen) atoms. The molecule has 0 amide bonds. The van der Waals surface area contributed by atoms with Crippen LogP contribution < -0.4 is 4.74 Å². The number of hydrogen-bond donors (Lipinski definition) is 1. The minimum atomic E-state index is -0.619. The molecule has 0 spiro atoms. The van der Waals surface area contributed by atoms with Crippen LogP contribution in [0.15, 0.2) is 36.5 Å². The van der Waals surface area contributed by atoms with Gasteiger partial charge in [0.05, 0.1) is 22.9 Å². The van der Waals surface area contributed by atoms with Crippen molar-refractivity contribution in [1.29, 1.82) is 0 Å². The summed E-state index contributed by atoms with van der Waals surface area (Å²) in [6.07, 6.45) is 1.40. The maximum atomic E-state index is 11.0. The molecule has 1 N–H and O–H groups in total. The second-order valence-electron chi connectivity index (χ2n) is 4.63. The first-order chi connectivity index (χ1) is 10.0. The summed E-state index contributed by atoms with van der Waals surface area (Å²) >= 11 is 0. The summed E-state index contributed by atoms with van der Waals surface area (Å²) in [5.74, 6) is 0.590. The SMILES string of the molecule is CC[C@H](O)c1ccc(Oc2c(C)cccc2[N+](=O)[O-])cn1. The Hall–Kier alpha value is -2.47. The Labute approximate surface area is 122 Å². The van der Waals surface area contributed by atoms with Crippen LogP contribution in [0.5, 0.6) is 11.5 Å². The summed E-state index contributed by atoms with van der Waals surface area (Å²) in [5.41, 5.74) is 1.12. The molecular weight excluding hydrogens is 272 g/mol. The minimum Gasteiger partial charge on any atom is -0.448 e. The Balaban J connectivity index is 2.28. The van der Waals surface area contributed by atoms with Crippen LogP contribution in [0, 0.1) is 17.0 Å². The number of aromatic nitrogens is 1. The topological polar surface area (TPSA) is 85.5 Å². The number of benzene rings is 1. The normalized spacial score (nSPS) is 12.0. The van der Waals surface area contributed by atoms with Gasteiger partial charge in [-0.25, -0.2) is 0 Å². The molecule has 2 aromatic rings. The molecule has 1 aromatic heterocycles. The van der Waals surface area contributed by atoms with Gasteiger partial charge in [0.1, 0.15) is 5.75 Å². The molecule has 0 bridgehead atoms. The molecule has 1 heterocycles. The molecule has 6 nitrogen and oxygen atoms in total. The summed E-state index contributed by atoms with van der Waals surface area (Å²) in [6, 6.07) is 8.03. The molecule has 110 valence electrons. The Morgan fingerprint density at radius 1 is 1.38 bits per heavy atom. The van der Waals surface area contributed by atoms with Gasteiger partial charge in [-0.1, -0.05) is 19.1 Å². The molecular formula is C15H16N2O4. The molecule has 0 radical (unpaired) electrons. The number of rotatable bonds is 5. The Morgan fingerprint density at radius 2 is 2.14 bits per heavy atom. The lowest BCUT2D eigenvalue weighted by Gasteiger charge is -2.10. The largest absolute Gasteiger partial charge is 0.448 e. The smallest absolute Gasteiger partial charge is 0.311 e. The van der Waals surface area contributed by atoms with Gasteiger partial charge in [-0.05, 0) is 31.0 Å². The zero-order valence-corrected chi connectivity index (χ0v) is 11.8. The Morgan fingerprint density at radius 3 is 2.71 bits per heavy atom. The van der Waals surface area contributed by atoms with Crippen LogP contribution in [0.3, 0.4) is 0 Å². The van der Waals surface area contributed by atoms with Gasteiger partial charge in [0.2, 0.25) is 5.75 Å². The molecule has 1 aromatic carbocycles. The molecule has 0 aliphatic carbocycles. The second kappa shape index (κ2) is 6.32. The van der Waals surface area contributed by atoms with E-state index < -0.39 is 11.0 Å². The molecule has 2 rings (SSSR count). The average molecular weight is 288 g/mol. The third kappa shape index (κ3) is 3.35. The van der Waals surface area contributed by atoms with Gasteiger partial charge >= 0.3 is 5.69 Å². The highest BCUT2D eigenvalue weighted by Gasteiger charge is 2.18. The van der Waals surface area contributed by atoms with E-state index in [0.29, 0.717) is 23.4 Å². The predicted molar refractivity (Wildman–Crippen MR) is 77.4 cm³/mol. The monoisotopic (exact) mass is 288 g/mol. The zero-order chi connectivity index (χ0) is 15.4. The third-order valence-electron chi connectivity index (χ3n) is 3.10. The first kappa shape index (κ1) is 14.9. The van der Waals surface area contributed by atoms with Crippen molar-refractivity contribution in [2.75, 3.05) is 0 Å². The Bertz CT molecular complexity index is 641. The van der Waals surface area contributed by atoms with E-state index in [2.05, 4.69) is 4.98 Å². The lowest BCUT2D eigenvalue weighted by molar-refractivity contribution is -0.385. The number of hydrogen-bond acceptors (Lipinski definition) is 5. The average Bonchev–Trinajstić information content (AvgIpc) is 2.49. The number of nitro groups is 1. The number of para-hydroxylation sites is 1. The fourth-order valence-electron chi connectivity index (χ4n) is 1.89. The van der Waals surface area contributed by atoms with Gasteiger partial charge in [-0.15, -0.1) is 0 Å². The number of nitrogens with zero attached hydrogens (tertiary/aromatic N) is 2. The van der Waals surface area contributed by atoms with E-state index in [1.165, 1.54) is 12.3 Å². The highest BCUT2D eigenvalue weighted by atomic mass is 16.6. The molecule has 1 atom stereocenters. The summed E-state index contributed by atoms with van der Waals surface area (Å²) in [4.78, 5) is 14.6. The van der Waals surface area contributed by atoms with Gasteiger partial charge in [0, 0.05) is 6.07 Å². The van der Waals surface area contributed by atoms with Crippen molar-refractivity contribution < 1.29 is 14.8 Å². The van der Waals surface area contributed by atoms with E-state index in [9.17, 15) is 15.2 Å². The zero-order valence-electron chi connectivity index (χ0n) is 11.8. The second-order valence-corrected chi connectivity index (χ2v) is 4.63. The number of aliphatic hydroxyl groups excluding tert-OH is 1. The van der Waals surface area contributed by atoms with Crippen LogP contribution in [0.1, 0.15) is 30.7 Å². The van der Waals surface area contributed by atoms with Crippen molar-refractivity contribution in [3.05, 3.63) is 57.9 Å². The summed E-state index contributed by atoms with van der Waals surface area (Å²) in [5, 5.41) is 20.7. The first-order valence-electron chi connectivity index (χ1n) is 6.58. The van der Waals surface area contributed by atoms with E-state index in [4.69, 9.17) is 4.74 Å². The van der Waals surface area contributed by atoms with Gasteiger partial charge < -0.3 is 9.84 Å². The van der Waals surface area contributed by atoms with Gasteiger partial charge in [0.15, 0.2) is 0 Å². The predicted octanol–water partition coefficient (Wildman–Crippen LogP) is 3.53. The quantitative estimate of drug-likeness (QED) is 0.672. The van der Waals surface area contributed by atoms with Crippen molar-refractivity contribution in [2.24, 2.45) is 0 Å².